The summed E-state index contributed by atoms with van der Waals surface area (Å²) in [4.78, 5) is 19.0. The molecule has 0 bridgehead atoms. The number of nitrogens with zero attached hydrogens (tertiary/aromatic N) is 2. The molecule has 0 saturated carbocycles. The Labute approximate surface area is 112 Å². The highest BCUT2D eigenvalue weighted by Crippen LogP contribution is 2.29. The summed E-state index contributed by atoms with van der Waals surface area (Å²) in [5, 5.41) is 0. The van der Waals surface area contributed by atoms with Gasteiger partial charge < -0.3 is 5.73 Å². The van der Waals surface area contributed by atoms with E-state index in [0.717, 1.165) is 11.3 Å². The number of alkyl halides is 1. The second-order valence-corrected chi connectivity index (χ2v) is 4.73. The minimum Gasteiger partial charge on any atom is -0.366 e. The molecule has 0 radical (unpaired) electrons. The molecule has 4 nitrogen and oxygen atoms in total. The van der Waals surface area contributed by atoms with Gasteiger partial charge in [-0.25, -0.2) is 9.97 Å². The average molecular weight is 339 g/mol. The molecule has 2 N–H and O–H groups in total. The fourth-order valence-corrected chi connectivity index (χ4v) is 2.22. The van der Waals surface area contributed by atoms with E-state index in [9.17, 15) is 4.79 Å². The number of halogens is 1. The number of amides is 1. The van der Waals surface area contributed by atoms with Crippen molar-refractivity contribution in [2.75, 3.05) is 0 Å². The predicted molar refractivity (Wildman–Crippen MR) is 72.9 cm³/mol. The second-order valence-electron chi connectivity index (χ2n) is 3.48. The van der Waals surface area contributed by atoms with E-state index in [2.05, 4.69) is 32.6 Å². The number of nitrogens with two attached hydrogens (primary N) is 1. The standard InChI is InChI=1S/C12H10IN3O/c13-11(10-5-6-15-7-16-10)8-1-3-9(4-2-8)12(14)17/h1-7,11H,(H2,14,17). The molecule has 1 unspecified atom stereocenters. The normalized spacial score (nSPS) is 12.1. The largest absolute Gasteiger partial charge is 0.366 e. The monoisotopic (exact) mass is 339 g/mol. The van der Waals surface area contributed by atoms with E-state index in [-0.39, 0.29) is 3.92 Å². The van der Waals surface area contributed by atoms with Crippen LogP contribution in [-0.4, -0.2) is 15.9 Å². The molecular formula is C12H10IN3O. The Hall–Kier alpha value is -1.50. The van der Waals surface area contributed by atoms with Crippen LogP contribution >= 0.6 is 22.6 Å². The van der Waals surface area contributed by atoms with Crippen LogP contribution in [0.25, 0.3) is 0 Å². The van der Waals surface area contributed by atoms with Gasteiger partial charge in [0.05, 0.1) is 9.62 Å². The number of primary amides is 1. The van der Waals surface area contributed by atoms with E-state index in [0.29, 0.717) is 5.56 Å². The third-order valence-corrected chi connectivity index (χ3v) is 3.71. The zero-order chi connectivity index (χ0) is 12.3. The number of benzene rings is 1. The lowest BCUT2D eigenvalue weighted by Crippen LogP contribution is -2.10. The number of rotatable bonds is 3. The topological polar surface area (TPSA) is 68.9 Å². The van der Waals surface area contributed by atoms with Gasteiger partial charge >= 0.3 is 0 Å². The molecule has 0 aliphatic rings. The number of carbonyl (C=O) groups is 1. The Bertz CT molecular complexity index is 513. The molecule has 5 heteroatoms. The molecule has 17 heavy (non-hydrogen) atoms. The van der Waals surface area contributed by atoms with Gasteiger partial charge in [-0.05, 0) is 23.8 Å². The van der Waals surface area contributed by atoms with Crippen molar-refractivity contribution in [2.24, 2.45) is 5.73 Å². The summed E-state index contributed by atoms with van der Waals surface area (Å²) in [6.07, 6.45) is 3.24. The van der Waals surface area contributed by atoms with E-state index in [1.54, 1.807) is 18.3 Å². The molecule has 0 fully saturated rings. The van der Waals surface area contributed by atoms with Crippen LogP contribution in [0.3, 0.4) is 0 Å². The van der Waals surface area contributed by atoms with E-state index >= 15 is 0 Å². The summed E-state index contributed by atoms with van der Waals surface area (Å²) in [5.41, 5.74) is 7.72. The predicted octanol–water partition coefficient (Wildman–Crippen LogP) is 2.10. The minimum absolute atomic E-state index is 0.137. The molecular weight excluding hydrogens is 329 g/mol. The Kier molecular flexibility index (Phi) is 3.68. The van der Waals surface area contributed by atoms with Gasteiger partial charge in [0.1, 0.15) is 6.33 Å². The molecule has 0 aliphatic heterocycles. The number of hydrogen-bond donors (Lipinski definition) is 1. The highest BCUT2D eigenvalue weighted by Gasteiger charge is 2.11. The molecule has 0 saturated heterocycles. The molecule has 0 spiro atoms. The lowest BCUT2D eigenvalue weighted by molar-refractivity contribution is 0.100. The van der Waals surface area contributed by atoms with E-state index < -0.39 is 5.91 Å². The van der Waals surface area contributed by atoms with Gasteiger partial charge in [-0.1, -0.05) is 34.7 Å². The molecule has 2 aromatic rings. The fourth-order valence-electron chi connectivity index (χ4n) is 1.44. The van der Waals surface area contributed by atoms with Crippen molar-refractivity contribution in [1.29, 1.82) is 0 Å². The summed E-state index contributed by atoms with van der Waals surface area (Å²) in [5.74, 6) is -0.413. The first-order valence-corrected chi connectivity index (χ1v) is 6.23. The van der Waals surface area contributed by atoms with Crippen molar-refractivity contribution in [3.05, 3.63) is 59.7 Å². The molecule has 0 aliphatic carbocycles. The van der Waals surface area contributed by atoms with Crippen LogP contribution < -0.4 is 5.73 Å². The van der Waals surface area contributed by atoms with Crippen molar-refractivity contribution in [1.82, 2.24) is 9.97 Å². The van der Waals surface area contributed by atoms with Gasteiger partial charge in [0, 0.05) is 11.8 Å². The highest BCUT2D eigenvalue weighted by atomic mass is 127. The second kappa shape index (κ2) is 5.22. The first-order chi connectivity index (χ1) is 8.18. The molecule has 1 amide bonds. The SMILES string of the molecule is NC(=O)c1ccc(C(I)c2ccncn2)cc1. The van der Waals surface area contributed by atoms with Gasteiger partial charge in [-0.15, -0.1) is 0 Å². The van der Waals surface area contributed by atoms with Crippen molar-refractivity contribution in [3.8, 4) is 0 Å². The van der Waals surface area contributed by atoms with Crippen molar-refractivity contribution in [3.63, 3.8) is 0 Å². The van der Waals surface area contributed by atoms with Crippen LogP contribution in [0.4, 0.5) is 0 Å². The maximum absolute atomic E-state index is 11.0. The van der Waals surface area contributed by atoms with E-state index in [4.69, 9.17) is 5.73 Å². The summed E-state index contributed by atoms with van der Waals surface area (Å²) >= 11 is 2.30. The molecule has 1 aromatic carbocycles. The van der Waals surface area contributed by atoms with Crippen LogP contribution in [0.1, 0.15) is 25.5 Å². The van der Waals surface area contributed by atoms with E-state index in [1.165, 1.54) is 6.33 Å². The molecule has 1 aromatic heterocycles. The minimum atomic E-state index is -0.413. The van der Waals surface area contributed by atoms with Crippen molar-refractivity contribution >= 4 is 28.5 Å². The first kappa shape index (κ1) is 12.0. The Balaban J connectivity index is 2.26. The smallest absolute Gasteiger partial charge is 0.248 e. The number of carbonyl (C=O) groups excluding carboxylic acids is 1. The summed E-state index contributed by atoms with van der Waals surface area (Å²) in [6.45, 7) is 0. The van der Waals surface area contributed by atoms with Crippen LogP contribution in [0, 0.1) is 0 Å². The lowest BCUT2D eigenvalue weighted by Gasteiger charge is -2.09. The Morgan fingerprint density at radius 3 is 2.47 bits per heavy atom. The van der Waals surface area contributed by atoms with Gasteiger partial charge in [0.15, 0.2) is 0 Å². The number of hydrogen-bond acceptors (Lipinski definition) is 3. The van der Waals surface area contributed by atoms with Gasteiger partial charge in [-0.2, -0.15) is 0 Å². The highest BCUT2D eigenvalue weighted by molar-refractivity contribution is 14.1. The fraction of sp³-hybridized carbons (Fsp3) is 0.0833. The van der Waals surface area contributed by atoms with Gasteiger partial charge in [-0.3, -0.25) is 4.79 Å². The van der Waals surface area contributed by atoms with Crippen molar-refractivity contribution in [2.45, 2.75) is 3.92 Å². The quantitative estimate of drug-likeness (QED) is 0.688. The van der Waals surface area contributed by atoms with E-state index in [1.807, 2.05) is 18.2 Å². The third-order valence-electron chi connectivity index (χ3n) is 2.35. The summed E-state index contributed by atoms with van der Waals surface area (Å²) in [7, 11) is 0. The van der Waals surface area contributed by atoms with Crippen molar-refractivity contribution < 1.29 is 4.79 Å². The zero-order valence-corrected chi connectivity index (χ0v) is 11.0. The summed E-state index contributed by atoms with van der Waals surface area (Å²) < 4.78 is 0.137. The maximum Gasteiger partial charge on any atom is 0.248 e. The molecule has 1 heterocycles. The Morgan fingerprint density at radius 1 is 1.24 bits per heavy atom. The van der Waals surface area contributed by atoms with Crippen LogP contribution in [0.2, 0.25) is 0 Å². The molecule has 86 valence electrons. The van der Waals surface area contributed by atoms with Gasteiger partial charge in [0.2, 0.25) is 5.91 Å². The third kappa shape index (κ3) is 2.79. The van der Waals surface area contributed by atoms with Crippen LogP contribution in [-0.2, 0) is 0 Å². The lowest BCUT2D eigenvalue weighted by atomic mass is 10.1. The van der Waals surface area contributed by atoms with Crippen LogP contribution in [0.15, 0.2) is 42.9 Å². The summed E-state index contributed by atoms with van der Waals surface area (Å²) in [6, 6.07) is 9.10. The maximum atomic E-state index is 11.0. The number of aromatic nitrogens is 2. The average Bonchev–Trinajstić information content (AvgIpc) is 2.39. The Morgan fingerprint density at radius 2 is 1.94 bits per heavy atom. The van der Waals surface area contributed by atoms with Crippen LogP contribution in [0.5, 0.6) is 0 Å². The van der Waals surface area contributed by atoms with Gasteiger partial charge in [0.25, 0.3) is 0 Å². The molecule has 1 atom stereocenters. The first-order valence-electron chi connectivity index (χ1n) is 4.98. The zero-order valence-electron chi connectivity index (χ0n) is 8.88. The molecule has 2 rings (SSSR count).